The first-order valence-corrected chi connectivity index (χ1v) is 13.4. The quantitative estimate of drug-likeness (QED) is 0.511. The highest BCUT2D eigenvalue weighted by molar-refractivity contribution is 5.76. The Balaban J connectivity index is 1.64. The molecule has 3 heterocycles. The third kappa shape index (κ3) is 6.17. The molecule has 0 N–H and O–H groups in total. The highest BCUT2D eigenvalue weighted by Gasteiger charge is 2.36. The molecule has 1 unspecified atom stereocenters. The number of rotatable bonds is 6. The molecule has 0 aliphatic carbocycles. The van der Waals surface area contributed by atoms with Crippen LogP contribution in [0.3, 0.4) is 0 Å². The Bertz CT molecular complexity index is 1290. The van der Waals surface area contributed by atoms with E-state index in [1.165, 1.54) is 0 Å². The molecule has 1 amide bonds. The molecule has 4 rings (SSSR count). The van der Waals surface area contributed by atoms with Crippen molar-refractivity contribution < 1.29 is 14.3 Å². The van der Waals surface area contributed by atoms with Gasteiger partial charge in [-0.05, 0) is 45.7 Å². The summed E-state index contributed by atoms with van der Waals surface area (Å²) in [7, 11) is 1.57. The predicted molar refractivity (Wildman–Crippen MR) is 154 cm³/mol. The number of ether oxygens (including phenoxy) is 2. The van der Waals surface area contributed by atoms with Gasteiger partial charge in [0.1, 0.15) is 11.4 Å². The van der Waals surface area contributed by atoms with Crippen LogP contribution in [0.4, 0.5) is 16.3 Å². The van der Waals surface area contributed by atoms with Crippen LogP contribution in [-0.4, -0.2) is 65.9 Å². The average Bonchev–Trinajstić information content (AvgIpc) is 2.91. The molecule has 9 nitrogen and oxygen atoms in total. The van der Waals surface area contributed by atoms with Gasteiger partial charge in [-0.25, -0.2) is 4.79 Å². The number of hydrogen-bond donors (Lipinski definition) is 0. The van der Waals surface area contributed by atoms with Crippen LogP contribution >= 0.6 is 0 Å². The third-order valence-electron chi connectivity index (χ3n) is 6.95. The Kier molecular flexibility index (Phi) is 8.44. The van der Waals surface area contributed by atoms with E-state index in [2.05, 4.69) is 46.7 Å². The van der Waals surface area contributed by atoms with E-state index in [1.54, 1.807) is 12.0 Å². The summed E-state index contributed by atoms with van der Waals surface area (Å²) in [5, 5.41) is 9.51. The first-order chi connectivity index (χ1) is 18.7. The van der Waals surface area contributed by atoms with Crippen LogP contribution in [0.1, 0.15) is 56.5 Å². The topological polar surface area (TPSA) is 94.8 Å². The molecule has 1 fully saturated rings. The summed E-state index contributed by atoms with van der Waals surface area (Å²) in [6.07, 6.45) is 6.63. The molecule has 0 spiro atoms. The number of carbonyl (C=O) groups is 1. The maximum absolute atomic E-state index is 12.9. The number of piperazine rings is 1. The summed E-state index contributed by atoms with van der Waals surface area (Å²) in [6.45, 7) is 14.5. The van der Waals surface area contributed by atoms with Gasteiger partial charge >= 0.3 is 12.1 Å². The smallest absolute Gasteiger partial charge is 0.410 e. The zero-order valence-corrected chi connectivity index (χ0v) is 23.6. The van der Waals surface area contributed by atoms with Gasteiger partial charge in [-0.2, -0.15) is 15.2 Å². The van der Waals surface area contributed by atoms with Gasteiger partial charge in [-0.15, -0.1) is 0 Å². The van der Waals surface area contributed by atoms with Crippen LogP contribution in [0.2, 0.25) is 0 Å². The summed E-state index contributed by atoms with van der Waals surface area (Å²) >= 11 is 0. The Morgan fingerprint density at radius 2 is 2.03 bits per heavy atom. The first kappa shape index (κ1) is 28.0. The van der Waals surface area contributed by atoms with Gasteiger partial charge in [0.15, 0.2) is 0 Å². The maximum atomic E-state index is 12.9. The van der Waals surface area contributed by atoms with E-state index in [0.29, 0.717) is 32.2 Å². The standard InChI is InChI=1S/C30H38N6O3/c1-7-10-23-21(8-2)11-9-12-26(23)34-16-14-24-25(20-34)32-28(38-6)33-27(24)35-17-18-36(22(19-35)13-15-31)29(37)39-30(3,4)5/h7-12,22H,2,13-14,16-20H2,1,3-6H3/b10-7-. The fourth-order valence-corrected chi connectivity index (χ4v) is 5.21. The lowest BCUT2D eigenvalue weighted by molar-refractivity contribution is 0.0144. The van der Waals surface area contributed by atoms with E-state index in [-0.39, 0.29) is 18.6 Å². The lowest BCUT2D eigenvalue weighted by Gasteiger charge is -2.42. The van der Waals surface area contributed by atoms with Gasteiger partial charge < -0.3 is 24.2 Å². The molecule has 9 heteroatoms. The monoisotopic (exact) mass is 530 g/mol. The number of nitriles is 1. The normalized spacial score (nSPS) is 17.5. The molecule has 39 heavy (non-hydrogen) atoms. The minimum atomic E-state index is -0.603. The largest absolute Gasteiger partial charge is 0.467 e. The van der Waals surface area contributed by atoms with Crippen LogP contribution in [0.15, 0.2) is 30.9 Å². The SMILES string of the molecule is C=Cc1cccc(N2CCc3c(nc(OC)nc3N3CCN(C(=O)OC(C)(C)C)C(CC#N)C3)C2)c1/C=C\C. The second-order valence-corrected chi connectivity index (χ2v) is 10.8. The van der Waals surface area contributed by atoms with Crippen molar-refractivity contribution in [1.29, 1.82) is 5.26 Å². The molecule has 0 bridgehead atoms. The number of fused-ring (bicyclic) bond motifs is 1. The molecule has 2 aliphatic heterocycles. The van der Waals surface area contributed by atoms with Crippen molar-refractivity contribution in [1.82, 2.24) is 14.9 Å². The lowest BCUT2D eigenvalue weighted by atomic mass is 9.99. The molecule has 2 aromatic rings. The van der Waals surface area contributed by atoms with Gasteiger partial charge in [0.05, 0.1) is 37.9 Å². The van der Waals surface area contributed by atoms with Crippen LogP contribution in [0.25, 0.3) is 12.2 Å². The van der Waals surface area contributed by atoms with E-state index in [0.717, 1.165) is 46.9 Å². The molecule has 2 aliphatic rings. The van der Waals surface area contributed by atoms with E-state index in [1.807, 2.05) is 39.8 Å². The number of methoxy groups -OCH3 is 1. The van der Waals surface area contributed by atoms with Crippen molar-refractivity contribution in [2.24, 2.45) is 0 Å². The van der Waals surface area contributed by atoms with Crippen molar-refractivity contribution in [2.75, 3.05) is 43.1 Å². The van der Waals surface area contributed by atoms with Crippen LogP contribution in [0.5, 0.6) is 6.01 Å². The van der Waals surface area contributed by atoms with Crippen LogP contribution < -0.4 is 14.5 Å². The van der Waals surface area contributed by atoms with Gasteiger partial charge in [-0.1, -0.05) is 36.9 Å². The number of aromatic nitrogens is 2. The molecule has 0 radical (unpaired) electrons. The summed E-state index contributed by atoms with van der Waals surface area (Å²) in [4.78, 5) is 28.5. The molecule has 206 valence electrons. The van der Waals surface area contributed by atoms with Crippen molar-refractivity contribution in [3.05, 3.63) is 53.2 Å². The highest BCUT2D eigenvalue weighted by atomic mass is 16.6. The molecule has 1 atom stereocenters. The van der Waals surface area contributed by atoms with E-state index in [4.69, 9.17) is 19.4 Å². The average molecular weight is 531 g/mol. The maximum Gasteiger partial charge on any atom is 0.410 e. The third-order valence-corrected chi connectivity index (χ3v) is 6.95. The summed E-state index contributed by atoms with van der Waals surface area (Å²) in [6, 6.07) is 8.50. The zero-order chi connectivity index (χ0) is 28.2. The minimum Gasteiger partial charge on any atom is -0.467 e. The van der Waals surface area contributed by atoms with E-state index < -0.39 is 5.60 Å². The lowest BCUT2D eigenvalue weighted by Crippen LogP contribution is -2.56. The van der Waals surface area contributed by atoms with Crippen molar-refractivity contribution in [3.63, 3.8) is 0 Å². The fourth-order valence-electron chi connectivity index (χ4n) is 5.21. The van der Waals surface area contributed by atoms with Crippen molar-refractivity contribution >= 4 is 29.8 Å². The molecule has 1 aromatic heterocycles. The number of amides is 1. The van der Waals surface area contributed by atoms with Gasteiger partial charge in [-0.3, -0.25) is 0 Å². The fraction of sp³-hybridized carbons (Fsp3) is 0.467. The van der Waals surface area contributed by atoms with E-state index >= 15 is 0 Å². The Labute approximate surface area is 231 Å². The Hall–Kier alpha value is -4.06. The Morgan fingerprint density at radius 1 is 1.23 bits per heavy atom. The summed E-state index contributed by atoms with van der Waals surface area (Å²) < 4.78 is 11.1. The number of carbonyl (C=O) groups excluding carboxylic acids is 1. The van der Waals surface area contributed by atoms with Gasteiger partial charge in [0.25, 0.3) is 0 Å². The Morgan fingerprint density at radius 3 is 2.69 bits per heavy atom. The first-order valence-electron chi connectivity index (χ1n) is 13.4. The highest BCUT2D eigenvalue weighted by Crippen LogP contribution is 2.34. The number of allylic oxidation sites excluding steroid dienone is 1. The molecular weight excluding hydrogens is 492 g/mol. The van der Waals surface area contributed by atoms with Gasteiger partial charge in [0, 0.05) is 43.0 Å². The minimum absolute atomic E-state index is 0.210. The second kappa shape index (κ2) is 11.8. The summed E-state index contributed by atoms with van der Waals surface area (Å²) in [5.41, 5.74) is 4.76. The number of anilines is 2. The molecule has 0 saturated carbocycles. The molecular formula is C30H38N6O3. The van der Waals surface area contributed by atoms with E-state index in [9.17, 15) is 10.1 Å². The second-order valence-electron chi connectivity index (χ2n) is 10.8. The van der Waals surface area contributed by atoms with Crippen LogP contribution in [-0.2, 0) is 17.7 Å². The predicted octanol–water partition coefficient (Wildman–Crippen LogP) is 5.06. The number of nitrogens with zero attached hydrogens (tertiary/aromatic N) is 6. The number of benzene rings is 1. The molecule has 1 saturated heterocycles. The van der Waals surface area contributed by atoms with Gasteiger partial charge in [0.2, 0.25) is 0 Å². The number of hydrogen-bond acceptors (Lipinski definition) is 8. The zero-order valence-electron chi connectivity index (χ0n) is 23.6. The van der Waals surface area contributed by atoms with Crippen molar-refractivity contribution in [3.8, 4) is 12.1 Å². The summed E-state index contributed by atoms with van der Waals surface area (Å²) in [5.74, 6) is 0.816. The molecule has 1 aromatic carbocycles. The van der Waals surface area contributed by atoms with Crippen LogP contribution in [0, 0.1) is 11.3 Å². The van der Waals surface area contributed by atoms with Crippen molar-refractivity contribution in [2.45, 2.75) is 58.7 Å².